The SMILES string of the molecule is Cc1ccc(C(=O)NCc2cc3c(s2)CCC3)c(F)c1. The minimum Gasteiger partial charge on any atom is -0.347 e. The van der Waals surface area contributed by atoms with Crippen molar-refractivity contribution in [3.05, 3.63) is 56.5 Å². The van der Waals surface area contributed by atoms with Crippen LogP contribution < -0.4 is 5.32 Å². The van der Waals surface area contributed by atoms with Gasteiger partial charge in [0.2, 0.25) is 0 Å². The smallest absolute Gasteiger partial charge is 0.254 e. The number of rotatable bonds is 3. The first-order chi connectivity index (χ1) is 9.63. The van der Waals surface area contributed by atoms with Crippen molar-refractivity contribution in [2.75, 3.05) is 0 Å². The van der Waals surface area contributed by atoms with Gasteiger partial charge < -0.3 is 5.32 Å². The van der Waals surface area contributed by atoms with Crippen LogP contribution in [0.25, 0.3) is 0 Å². The molecule has 0 aliphatic heterocycles. The maximum atomic E-state index is 13.7. The predicted octanol–water partition coefficient (Wildman–Crippen LogP) is 3.61. The van der Waals surface area contributed by atoms with Gasteiger partial charge in [-0.15, -0.1) is 11.3 Å². The van der Waals surface area contributed by atoms with E-state index in [1.807, 2.05) is 0 Å². The second-order valence-corrected chi connectivity index (χ2v) is 6.40. The third kappa shape index (κ3) is 2.61. The third-order valence-corrected chi connectivity index (χ3v) is 4.83. The number of hydrogen-bond donors (Lipinski definition) is 1. The Hall–Kier alpha value is -1.68. The van der Waals surface area contributed by atoms with E-state index in [1.54, 1.807) is 24.3 Å². The summed E-state index contributed by atoms with van der Waals surface area (Å²) in [7, 11) is 0. The van der Waals surface area contributed by atoms with Gasteiger partial charge in [0, 0.05) is 9.75 Å². The number of halogens is 1. The highest BCUT2D eigenvalue weighted by Crippen LogP contribution is 2.30. The molecule has 1 aliphatic rings. The molecule has 2 nitrogen and oxygen atoms in total. The van der Waals surface area contributed by atoms with Gasteiger partial charge in [0.1, 0.15) is 5.82 Å². The normalized spacial score (nSPS) is 13.3. The topological polar surface area (TPSA) is 29.1 Å². The summed E-state index contributed by atoms with van der Waals surface area (Å²) >= 11 is 1.76. The summed E-state index contributed by atoms with van der Waals surface area (Å²) in [5, 5.41) is 2.80. The van der Waals surface area contributed by atoms with E-state index in [1.165, 1.54) is 29.0 Å². The van der Waals surface area contributed by atoms with Gasteiger partial charge in [0.25, 0.3) is 5.91 Å². The molecular formula is C16H16FNOS. The number of fused-ring (bicyclic) bond motifs is 1. The molecule has 0 bridgehead atoms. The van der Waals surface area contributed by atoms with Crippen molar-refractivity contribution in [2.24, 2.45) is 0 Å². The lowest BCUT2D eigenvalue weighted by molar-refractivity contribution is 0.0947. The van der Waals surface area contributed by atoms with E-state index in [2.05, 4.69) is 11.4 Å². The molecule has 1 N–H and O–H groups in total. The Labute approximate surface area is 121 Å². The van der Waals surface area contributed by atoms with Crippen molar-refractivity contribution in [3.63, 3.8) is 0 Å². The number of thiophene rings is 1. The molecule has 1 aromatic carbocycles. The van der Waals surface area contributed by atoms with Crippen LogP contribution in [0.3, 0.4) is 0 Å². The highest BCUT2D eigenvalue weighted by atomic mass is 32.1. The van der Waals surface area contributed by atoms with E-state index in [9.17, 15) is 9.18 Å². The summed E-state index contributed by atoms with van der Waals surface area (Å²) in [4.78, 5) is 14.6. The summed E-state index contributed by atoms with van der Waals surface area (Å²) in [6.45, 7) is 2.28. The van der Waals surface area contributed by atoms with E-state index >= 15 is 0 Å². The first-order valence-electron chi connectivity index (χ1n) is 6.78. The fourth-order valence-electron chi connectivity index (χ4n) is 2.54. The van der Waals surface area contributed by atoms with E-state index in [-0.39, 0.29) is 11.5 Å². The first kappa shape index (κ1) is 13.3. The van der Waals surface area contributed by atoms with Crippen molar-refractivity contribution < 1.29 is 9.18 Å². The standard InChI is InChI=1S/C16H16FNOS/c1-10-5-6-13(14(17)7-10)16(19)18-9-12-8-11-3-2-4-15(11)20-12/h5-8H,2-4,9H2,1H3,(H,18,19). The number of carbonyl (C=O) groups excluding carboxylic acids is 1. The van der Waals surface area contributed by atoms with Gasteiger partial charge >= 0.3 is 0 Å². The summed E-state index contributed by atoms with van der Waals surface area (Å²) in [5.74, 6) is -0.813. The van der Waals surface area contributed by atoms with Crippen LogP contribution in [-0.4, -0.2) is 5.91 Å². The molecule has 0 spiro atoms. The van der Waals surface area contributed by atoms with E-state index in [4.69, 9.17) is 0 Å². The molecule has 1 heterocycles. The molecular weight excluding hydrogens is 273 g/mol. The molecule has 0 saturated carbocycles. The van der Waals surface area contributed by atoms with Crippen LogP contribution in [0.4, 0.5) is 4.39 Å². The summed E-state index contributed by atoms with van der Waals surface area (Å²) in [6, 6.07) is 6.83. The Morgan fingerprint density at radius 3 is 2.95 bits per heavy atom. The van der Waals surface area contributed by atoms with Gasteiger partial charge in [-0.1, -0.05) is 6.07 Å². The van der Waals surface area contributed by atoms with Crippen LogP contribution in [0.1, 0.15) is 37.7 Å². The zero-order valence-electron chi connectivity index (χ0n) is 11.3. The minimum absolute atomic E-state index is 0.111. The molecule has 1 aromatic heterocycles. The Bertz CT molecular complexity index is 641. The van der Waals surface area contributed by atoms with Gasteiger partial charge in [0.05, 0.1) is 12.1 Å². The van der Waals surface area contributed by atoms with Gasteiger partial charge in [-0.25, -0.2) is 4.39 Å². The van der Waals surface area contributed by atoms with Crippen molar-refractivity contribution in [1.82, 2.24) is 5.32 Å². The van der Waals surface area contributed by atoms with Crippen LogP contribution >= 0.6 is 11.3 Å². The molecule has 0 atom stereocenters. The quantitative estimate of drug-likeness (QED) is 0.919. The number of benzene rings is 1. The Morgan fingerprint density at radius 1 is 1.35 bits per heavy atom. The zero-order chi connectivity index (χ0) is 14.1. The van der Waals surface area contributed by atoms with Crippen LogP contribution in [-0.2, 0) is 19.4 Å². The Balaban J connectivity index is 1.66. The molecule has 1 amide bonds. The maximum Gasteiger partial charge on any atom is 0.254 e. The molecule has 0 unspecified atom stereocenters. The van der Waals surface area contributed by atoms with Crippen molar-refractivity contribution >= 4 is 17.2 Å². The number of hydrogen-bond acceptors (Lipinski definition) is 2. The molecule has 20 heavy (non-hydrogen) atoms. The molecule has 0 fully saturated rings. The number of aryl methyl sites for hydroxylation is 3. The largest absolute Gasteiger partial charge is 0.347 e. The van der Waals surface area contributed by atoms with Crippen LogP contribution in [0, 0.1) is 12.7 Å². The molecule has 3 rings (SSSR count). The lowest BCUT2D eigenvalue weighted by Crippen LogP contribution is -2.23. The molecule has 0 saturated heterocycles. The second kappa shape index (κ2) is 5.37. The second-order valence-electron chi connectivity index (χ2n) is 5.18. The van der Waals surface area contributed by atoms with Crippen molar-refractivity contribution in [3.8, 4) is 0 Å². The molecule has 4 heteroatoms. The average Bonchev–Trinajstić information content (AvgIpc) is 2.96. The molecule has 2 aromatic rings. The Kier molecular flexibility index (Phi) is 3.57. The minimum atomic E-state index is -0.462. The van der Waals surface area contributed by atoms with Crippen molar-refractivity contribution in [1.29, 1.82) is 0 Å². The summed E-state index contributed by atoms with van der Waals surface area (Å²) < 4.78 is 13.7. The van der Waals surface area contributed by atoms with Crippen molar-refractivity contribution in [2.45, 2.75) is 32.7 Å². The third-order valence-electron chi connectivity index (χ3n) is 3.59. The highest BCUT2D eigenvalue weighted by Gasteiger charge is 2.16. The number of carbonyl (C=O) groups is 1. The maximum absolute atomic E-state index is 13.7. The van der Waals surface area contributed by atoms with Gasteiger partial charge in [-0.2, -0.15) is 0 Å². The summed E-state index contributed by atoms with van der Waals surface area (Å²) in [5.41, 5.74) is 2.34. The molecule has 104 valence electrons. The number of amides is 1. The number of nitrogens with one attached hydrogen (secondary N) is 1. The van der Waals surface area contributed by atoms with Crippen LogP contribution in [0.2, 0.25) is 0 Å². The molecule has 1 aliphatic carbocycles. The Morgan fingerprint density at radius 2 is 2.20 bits per heavy atom. The summed E-state index contributed by atoms with van der Waals surface area (Å²) in [6.07, 6.45) is 3.54. The highest BCUT2D eigenvalue weighted by molar-refractivity contribution is 7.12. The van der Waals surface area contributed by atoms with E-state index in [0.29, 0.717) is 6.54 Å². The van der Waals surface area contributed by atoms with Gasteiger partial charge in [-0.05, 0) is 55.5 Å². The fourth-order valence-corrected chi connectivity index (χ4v) is 3.75. The first-order valence-corrected chi connectivity index (χ1v) is 7.60. The van der Waals surface area contributed by atoms with Crippen LogP contribution in [0.5, 0.6) is 0 Å². The van der Waals surface area contributed by atoms with E-state index < -0.39 is 5.82 Å². The van der Waals surface area contributed by atoms with Gasteiger partial charge in [0.15, 0.2) is 0 Å². The van der Waals surface area contributed by atoms with Gasteiger partial charge in [-0.3, -0.25) is 4.79 Å². The predicted molar refractivity (Wildman–Crippen MR) is 78.7 cm³/mol. The molecule has 0 radical (unpaired) electrons. The lowest BCUT2D eigenvalue weighted by Gasteiger charge is -2.05. The fraction of sp³-hybridized carbons (Fsp3) is 0.312. The average molecular weight is 289 g/mol. The van der Waals surface area contributed by atoms with Crippen LogP contribution in [0.15, 0.2) is 24.3 Å². The lowest BCUT2D eigenvalue weighted by atomic mass is 10.1. The zero-order valence-corrected chi connectivity index (χ0v) is 12.1. The van der Waals surface area contributed by atoms with E-state index in [0.717, 1.165) is 23.3 Å². The monoisotopic (exact) mass is 289 g/mol.